The average Bonchev–Trinajstić information content (AvgIpc) is 2.00. The number of hydrogen-bond donors (Lipinski definition) is 1. The fourth-order valence-corrected chi connectivity index (χ4v) is 2.83. The quantitative estimate of drug-likeness (QED) is 0.770. The standard InChI is InChI=1S/C8H16F3NO2S/c1-7(5-12)6-15(13,14)4-2-3-8(9,10)11/h7H,2-6,12H2,1H3. The Morgan fingerprint density at radius 2 is 1.87 bits per heavy atom. The van der Waals surface area contributed by atoms with E-state index in [1.165, 1.54) is 0 Å². The van der Waals surface area contributed by atoms with Crippen LogP contribution >= 0.6 is 0 Å². The number of alkyl halides is 3. The van der Waals surface area contributed by atoms with Gasteiger partial charge < -0.3 is 5.73 Å². The van der Waals surface area contributed by atoms with Gasteiger partial charge in [-0.2, -0.15) is 13.2 Å². The molecule has 0 radical (unpaired) electrons. The molecular formula is C8H16F3NO2S. The first kappa shape index (κ1) is 14.7. The molecule has 0 saturated heterocycles. The van der Waals surface area contributed by atoms with E-state index in [2.05, 4.69) is 0 Å². The van der Waals surface area contributed by atoms with Gasteiger partial charge in [0.25, 0.3) is 0 Å². The van der Waals surface area contributed by atoms with Gasteiger partial charge in [-0.1, -0.05) is 6.92 Å². The van der Waals surface area contributed by atoms with Crippen molar-refractivity contribution in [2.75, 3.05) is 18.1 Å². The molecule has 0 aromatic rings. The lowest BCUT2D eigenvalue weighted by molar-refractivity contribution is -0.134. The van der Waals surface area contributed by atoms with Gasteiger partial charge in [-0.25, -0.2) is 8.42 Å². The highest BCUT2D eigenvalue weighted by Gasteiger charge is 2.27. The van der Waals surface area contributed by atoms with Crippen molar-refractivity contribution in [1.82, 2.24) is 0 Å². The summed E-state index contributed by atoms with van der Waals surface area (Å²) in [6.07, 6.45) is -5.71. The third-order valence-electron chi connectivity index (χ3n) is 1.86. The molecule has 0 aromatic carbocycles. The van der Waals surface area contributed by atoms with Gasteiger partial charge in [0.1, 0.15) is 0 Å². The first-order chi connectivity index (χ1) is 6.66. The molecule has 0 amide bonds. The molecule has 0 aliphatic heterocycles. The fourth-order valence-electron chi connectivity index (χ4n) is 1.08. The largest absolute Gasteiger partial charge is 0.389 e. The van der Waals surface area contributed by atoms with Gasteiger partial charge in [0.15, 0.2) is 9.84 Å². The zero-order valence-electron chi connectivity index (χ0n) is 8.55. The highest BCUT2D eigenvalue weighted by Crippen LogP contribution is 2.21. The van der Waals surface area contributed by atoms with E-state index in [-0.39, 0.29) is 24.6 Å². The Labute approximate surface area is 87.8 Å². The van der Waals surface area contributed by atoms with E-state index in [1.807, 2.05) is 0 Å². The summed E-state index contributed by atoms with van der Waals surface area (Å²) in [5.41, 5.74) is 5.23. The molecule has 7 heteroatoms. The van der Waals surface area contributed by atoms with Crippen molar-refractivity contribution in [3.05, 3.63) is 0 Å². The van der Waals surface area contributed by atoms with Crippen LogP contribution in [-0.2, 0) is 9.84 Å². The Bertz CT molecular complexity index is 274. The summed E-state index contributed by atoms with van der Waals surface area (Å²) in [5.74, 6) is -0.765. The molecule has 1 unspecified atom stereocenters. The van der Waals surface area contributed by atoms with E-state index in [0.717, 1.165) is 0 Å². The lowest BCUT2D eigenvalue weighted by Gasteiger charge is -2.10. The van der Waals surface area contributed by atoms with Gasteiger partial charge in [-0.15, -0.1) is 0 Å². The van der Waals surface area contributed by atoms with E-state index in [0.29, 0.717) is 0 Å². The lowest BCUT2D eigenvalue weighted by atomic mass is 10.2. The second-order valence-corrected chi connectivity index (χ2v) is 5.90. The van der Waals surface area contributed by atoms with Gasteiger partial charge in [0, 0.05) is 6.42 Å². The molecule has 0 spiro atoms. The fraction of sp³-hybridized carbons (Fsp3) is 1.00. The van der Waals surface area contributed by atoms with Crippen LogP contribution in [0.2, 0.25) is 0 Å². The van der Waals surface area contributed by atoms with Crippen LogP contribution in [-0.4, -0.2) is 32.6 Å². The zero-order valence-corrected chi connectivity index (χ0v) is 9.37. The number of rotatable bonds is 6. The van der Waals surface area contributed by atoms with E-state index < -0.39 is 28.2 Å². The molecule has 1 atom stereocenters. The van der Waals surface area contributed by atoms with Crippen molar-refractivity contribution in [3.63, 3.8) is 0 Å². The normalized spacial score (nSPS) is 15.3. The van der Waals surface area contributed by atoms with Crippen LogP contribution in [0.1, 0.15) is 19.8 Å². The Kier molecular flexibility index (Phi) is 5.58. The molecule has 92 valence electrons. The Morgan fingerprint density at radius 3 is 2.27 bits per heavy atom. The van der Waals surface area contributed by atoms with E-state index >= 15 is 0 Å². The van der Waals surface area contributed by atoms with Crippen molar-refractivity contribution < 1.29 is 21.6 Å². The van der Waals surface area contributed by atoms with Gasteiger partial charge in [0.2, 0.25) is 0 Å². The summed E-state index contributed by atoms with van der Waals surface area (Å²) in [6.45, 7) is 1.87. The molecule has 0 fully saturated rings. The van der Waals surface area contributed by atoms with Crippen molar-refractivity contribution in [2.45, 2.75) is 25.9 Å². The smallest absolute Gasteiger partial charge is 0.330 e. The van der Waals surface area contributed by atoms with Crippen LogP contribution in [0.15, 0.2) is 0 Å². The van der Waals surface area contributed by atoms with Crippen molar-refractivity contribution >= 4 is 9.84 Å². The maximum Gasteiger partial charge on any atom is 0.389 e. The molecule has 2 N–H and O–H groups in total. The van der Waals surface area contributed by atoms with Crippen LogP contribution in [0.5, 0.6) is 0 Å². The predicted molar refractivity (Wildman–Crippen MR) is 52.2 cm³/mol. The second-order valence-electron chi connectivity index (χ2n) is 3.67. The van der Waals surface area contributed by atoms with Gasteiger partial charge in [0.05, 0.1) is 11.5 Å². The second kappa shape index (κ2) is 5.69. The molecule has 3 nitrogen and oxygen atoms in total. The highest BCUT2D eigenvalue weighted by molar-refractivity contribution is 7.91. The molecule has 0 heterocycles. The Hall–Kier alpha value is -0.300. The summed E-state index contributed by atoms with van der Waals surface area (Å²) in [5, 5.41) is 0. The zero-order chi connectivity index (χ0) is 12.1. The van der Waals surface area contributed by atoms with Crippen LogP contribution in [0, 0.1) is 5.92 Å². The number of hydrogen-bond acceptors (Lipinski definition) is 3. The third-order valence-corrected chi connectivity index (χ3v) is 3.84. The van der Waals surface area contributed by atoms with Crippen molar-refractivity contribution in [2.24, 2.45) is 11.7 Å². The number of nitrogens with two attached hydrogens (primary N) is 1. The minimum absolute atomic E-state index is 0.138. The van der Waals surface area contributed by atoms with Crippen molar-refractivity contribution in [1.29, 1.82) is 0 Å². The summed E-state index contributed by atoms with van der Waals surface area (Å²) in [6, 6.07) is 0. The molecule has 0 aliphatic rings. The molecule has 0 rings (SSSR count). The molecule has 0 bridgehead atoms. The van der Waals surface area contributed by atoms with Crippen molar-refractivity contribution in [3.8, 4) is 0 Å². The maximum absolute atomic E-state index is 11.7. The van der Waals surface area contributed by atoms with Crippen LogP contribution in [0.3, 0.4) is 0 Å². The summed E-state index contributed by atoms with van der Waals surface area (Å²) >= 11 is 0. The van der Waals surface area contributed by atoms with Crippen LogP contribution in [0.4, 0.5) is 13.2 Å². The number of sulfone groups is 1. The molecular weight excluding hydrogens is 231 g/mol. The van der Waals surface area contributed by atoms with Gasteiger partial charge in [-0.05, 0) is 18.9 Å². The molecule has 15 heavy (non-hydrogen) atoms. The van der Waals surface area contributed by atoms with E-state index in [9.17, 15) is 21.6 Å². The SMILES string of the molecule is CC(CN)CS(=O)(=O)CCCC(F)(F)F. The van der Waals surface area contributed by atoms with Crippen LogP contribution < -0.4 is 5.73 Å². The number of halogens is 3. The van der Waals surface area contributed by atoms with Gasteiger partial charge >= 0.3 is 6.18 Å². The first-order valence-electron chi connectivity index (χ1n) is 4.63. The summed E-state index contributed by atoms with van der Waals surface area (Å²) in [7, 11) is -3.40. The lowest BCUT2D eigenvalue weighted by Crippen LogP contribution is -2.23. The average molecular weight is 247 g/mol. The van der Waals surface area contributed by atoms with Crippen LogP contribution in [0.25, 0.3) is 0 Å². The summed E-state index contributed by atoms with van der Waals surface area (Å²) in [4.78, 5) is 0. The Morgan fingerprint density at radius 1 is 1.33 bits per heavy atom. The molecule has 0 saturated carbocycles. The molecule has 0 aromatic heterocycles. The first-order valence-corrected chi connectivity index (χ1v) is 6.45. The minimum Gasteiger partial charge on any atom is -0.330 e. The highest BCUT2D eigenvalue weighted by atomic mass is 32.2. The molecule has 0 aliphatic carbocycles. The minimum atomic E-state index is -4.28. The van der Waals surface area contributed by atoms with Gasteiger partial charge in [-0.3, -0.25) is 0 Å². The van der Waals surface area contributed by atoms with E-state index in [4.69, 9.17) is 5.73 Å². The van der Waals surface area contributed by atoms with E-state index in [1.54, 1.807) is 6.92 Å². The maximum atomic E-state index is 11.7. The third kappa shape index (κ3) is 8.68. The topological polar surface area (TPSA) is 60.2 Å². The monoisotopic (exact) mass is 247 g/mol. The Balaban J connectivity index is 3.96. The predicted octanol–water partition coefficient (Wildman–Crippen LogP) is 1.34. The summed E-state index contributed by atoms with van der Waals surface area (Å²) < 4.78 is 57.8.